The summed E-state index contributed by atoms with van der Waals surface area (Å²) in [6.45, 7) is -2.91. The predicted molar refractivity (Wildman–Crippen MR) is 78.5 cm³/mol. The van der Waals surface area contributed by atoms with E-state index in [1.807, 2.05) is 0 Å². The van der Waals surface area contributed by atoms with Crippen LogP contribution in [0.5, 0.6) is 5.75 Å². The number of carbonyl (C=O) groups excluding carboxylic acids is 1. The molecule has 0 unspecified atom stereocenters. The van der Waals surface area contributed by atoms with Crippen molar-refractivity contribution < 1.29 is 23.2 Å². The molecule has 120 valence electrons. The molecule has 0 aliphatic heterocycles. The summed E-state index contributed by atoms with van der Waals surface area (Å²) < 4.78 is 28.2. The van der Waals surface area contributed by atoms with Crippen LogP contribution in [0.15, 0.2) is 48.5 Å². The minimum Gasteiger partial charge on any atom is -0.435 e. The molecule has 2 rings (SSSR count). The van der Waals surface area contributed by atoms with Gasteiger partial charge < -0.3 is 10.1 Å². The lowest BCUT2D eigenvalue weighted by Crippen LogP contribution is -2.14. The van der Waals surface area contributed by atoms with Gasteiger partial charge in [0.25, 0.3) is 5.69 Å². The van der Waals surface area contributed by atoms with Gasteiger partial charge >= 0.3 is 6.61 Å². The van der Waals surface area contributed by atoms with E-state index in [9.17, 15) is 23.7 Å². The number of amides is 1. The molecule has 0 atom stereocenters. The van der Waals surface area contributed by atoms with Crippen LogP contribution >= 0.6 is 0 Å². The Labute approximate surface area is 129 Å². The molecule has 2 aromatic carbocycles. The number of hydrogen-bond donors (Lipinski definition) is 1. The van der Waals surface area contributed by atoms with Crippen molar-refractivity contribution >= 4 is 17.3 Å². The molecule has 0 bridgehead atoms. The van der Waals surface area contributed by atoms with Gasteiger partial charge in [-0.3, -0.25) is 14.9 Å². The summed E-state index contributed by atoms with van der Waals surface area (Å²) in [6.07, 6.45) is 0.0350. The molecule has 0 saturated carbocycles. The van der Waals surface area contributed by atoms with Crippen LogP contribution in [0.2, 0.25) is 0 Å². The van der Waals surface area contributed by atoms with Crippen molar-refractivity contribution in [3.63, 3.8) is 0 Å². The lowest BCUT2D eigenvalue weighted by atomic mass is 10.1. The average molecular weight is 322 g/mol. The number of anilines is 1. The fourth-order valence-electron chi connectivity index (χ4n) is 1.85. The first-order valence-corrected chi connectivity index (χ1v) is 6.52. The van der Waals surface area contributed by atoms with Gasteiger partial charge in [-0.05, 0) is 29.8 Å². The second-order valence-corrected chi connectivity index (χ2v) is 4.55. The number of nitrogens with one attached hydrogen (secondary N) is 1. The zero-order valence-corrected chi connectivity index (χ0v) is 11.7. The van der Waals surface area contributed by atoms with Crippen molar-refractivity contribution in [2.45, 2.75) is 13.0 Å². The molecule has 8 heteroatoms. The van der Waals surface area contributed by atoms with Crippen molar-refractivity contribution in [2.75, 3.05) is 5.32 Å². The fraction of sp³-hybridized carbons (Fsp3) is 0.133. The Balaban J connectivity index is 1.92. The number of halogens is 2. The number of nitrogens with zero attached hydrogens (tertiary/aromatic N) is 1. The third-order valence-corrected chi connectivity index (χ3v) is 2.88. The first kappa shape index (κ1) is 16.3. The van der Waals surface area contributed by atoms with E-state index in [2.05, 4.69) is 10.1 Å². The minimum absolute atomic E-state index is 0.00614. The Morgan fingerprint density at radius 2 is 1.74 bits per heavy atom. The third kappa shape index (κ3) is 5.03. The van der Waals surface area contributed by atoms with E-state index < -0.39 is 11.5 Å². The highest BCUT2D eigenvalue weighted by Crippen LogP contribution is 2.18. The number of alkyl halides is 2. The first-order chi connectivity index (χ1) is 10.9. The second kappa shape index (κ2) is 7.30. The van der Waals surface area contributed by atoms with Crippen molar-refractivity contribution in [3.8, 4) is 5.75 Å². The van der Waals surface area contributed by atoms with E-state index >= 15 is 0 Å². The van der Waals surface area contributed by atoms with Crippen LogP contribution in [0.25, 0.3) is 0 Å². The Hall–Kier alpha value is -3.03. The Morgan fingerprint density at radius 1 is 1.13 bits per heavy atom. The molecule has 23 heavy (non-hydrogen) atoms. The van der Waals surface area contributed by atoms with Crippen molar-refractivity contribution in [3.05, 3.63) is 64.2 Å². The average Bonchev–Trinajstić information content (AvgIpc) is 2.49. The van der Waals surface area contributed by atoms with Crippen molar-refractivity contribution in [1.82, 2.24) is 0 Å². The Kier molecular flexibility index (Phi) is 5.19. The molecule has 1 N–H and O–H groups in total. The van der Waals surface area contributed by atoms with Crippen LogP contribution in [-0.4, -0.2) is 17.4 Å². The summed E-state index contributed by atoms with van der Waals surface area (Å²) in [7, 11) is 0. The molecule has 0 fully saturated rings. The summed E-state index contributed by atoms with van der Waals surface area (Å²) in [5.41, 5.74) is 0.994. The largest absolute Gasteiger partial charge is 0.435 e. The molecular formula is C15H12F2N2O4. The molecule has 0 heterocycles. The number of carbonyl (C=O) groups is 1. The highest BCUT2D eigenvalue weighted by Gasteiger charge is 2.08. The lowest BCUT2D eigenvalue weighted by molar-refractivity contribution is -0.384. The zero-order valence-electron chi connectivity index (χ0n) is 11.7. The standard InChI is InChI=1S/C15H12F2N2O4/c16-15(17)23-13-7-3-11(4-8-13)18-14(20)9-10-1-5-12(6-2-10)19(21)22/h1-8,15H,9H2,(H,18,20). The fourth-order valence-corrected chi connectivity index (χ4v) is 1.85. The predicted octanol–water partition coefficient (Wildman–Crippen LogP) is 3.38. The van der Waals surface area contributed by atoms with Gasteiger partial charge in [0.15, 0.2) is 0 Å². The van der Waals surface area contributed by atoms with Crippen LogP contribution < -0.4 is 10.1 Å². The van der Waals surface area contributed by atoms with Crippen molar-refractivity contribution in [2.24, 2.45) is 0 Å². The maximum atomic E-state index is 12.0. The highest BCUT2D eigenvalue weighted by atomic mass is 19.3. The normalized spacial score (nSPS) is 10.4. The minimum atomic E-state index is -2.91. The van der Waals surface area contributed by atoms with Gasteiger partial charge in [0.2, 0.25) is 5.91 Å². The summed E-state index contributed by atoms with van der Waals surface area (Å²) in [4.78, 5) is 21.9. The molecule has 2 aromatic rings. The van der Waals surface area contributed by atoms with Crippen molar-refractivity contribution in [1.29, 1.82) is 0 Å². The monoisotopic (exact) mass is 322 g/mol. The summed E-state index contributed by atoms with van der Waals surface area (Å²) in [5.74, 6) is -0.338. The molecule has 6 nitrogen and oxygen atoms in total. The van der Waals surface area contributed by atoms with Gasteiger partial charge in [0.1, 0.15) is 5.75 Å². The van der Waals surface area contributed by atoms with Gasteiger partial charge in [-0.15, -0.1) is 0 Å². The number of benzene rings is 2. The molecule has 0 spiro atoms. The summed E-state index contributed by atoms with van der Waals surface area (Å²) >= 11 is 0. The SMILES string of the molecule is O=C(Cc1ccc([N+](=O)[O-])cc1)Nc1ccc(OC(F)F)cc1. The summed E-state index contributed by atoms with van der Waals surface area (Å²) in [5, 5.41) is 13.1. The topological polar surface area (TPSA) is 81.5 Å². The quantitative estimate of drug-likeness (QED) is 0.653. The molecule has 0 aromatic heterocycles. The highest BCUT2D eigenvalue weighted by molar-refractivity contribution is 5.92. The summed E-state index contributed by atoms with van der Waals surface area (Å²) in [6, 6.07) is 11.1. The van der Waals surface area contributed by atoms with Gasteiger partial charge in [-0.25, -0.2) is 0 Å². The number of non-ortho nitro benzene ring substituents is 1. The van der Waals surface area contributed by atoms with E-state index in [-0.39, 0.29) is 23.8 Å². The number of hydrogen-bond acceptors (Lipinski definition) is 4. The Morgan fingerprint density at radius 3 is 2.26 bits per heavy atom. The lowest BCUT2D eigenvalue weighted by Gasteiger charge is -2.07. The molecule has 0 saturated heterocycles. The second-order valence-electron chi connectivity index (χ2n) is 4.55. The van der Waals surface area contributed by atoms with E-state index in [1.165, 1.54) is 48.5 Å². The van der Waals surface area contributed by atoms with Gasteiger partial charge in [-0.2, -0.15) is 8.78 Å². The van der Waals surface area contributed by atoms with Gasteiger partial charge in [0, 0.05) is 17.8 Å². The van der Waals surface area contributed by atoms with E-state index in [1.54, 1.807) is 0 Å². The molecular weight excluding hydrogens is 310 g/mol. The molecule has 0 aliphatic rings. The molecule has 0 aliphatic carbocycles. The Bertz CT molecular complexity index is 688. The van der Waals surface area contributed by atoms with E-state index in [0.717, 1.165) is 0 Å². The van der Waals surface area contributed by atoms with Gasteiger partial charge in [-0.1, -0.05) is 12.1 Å². The number of rotatable bonds is 6. The van der Waals surface area contributed by atoms with Crippen LogP contribution in [0.3, 0.4) is 0 Å². The van der Waals surface area contributed by atoms with Crippen LogP contribution in [0.1, 0.15) is 5.56 Å². The first-order valence-electron chi connectivity index (χ1n) is 6.52. The number of ether oxygens (including phenoxy) is 1. The maximum absolute atomic E-state index is 12.0. The molecule has 1 amide bonds. The zero-order chi connectivity index (χ0) is 16.8. The molecule has 0 radical (unpaired) electrons. The van der Waals surface area contributed by atoms with E-state index in [0.29, 0.717) is 11.3 Å². The smallest absolute Gasteiger partial charge is 0.387 e. The van der Waals surface area contributed by atoms with E-state index in [4.69, 9.17) is 0 Å². The van der Waals surface area contributed by atoms with Crippen LogP contribution in [0.4, 0.5) is 20.2 Å². The third-order valence-electron chi connectivity index (χ3n) is 2.88. The maximum Gasteiger partial charge on any atom is 0.387 e. The van der Waals surface area contributed by atoms with Gasteiger partial charge in [0.05, 0.1) is 11.3 Å². The van der Waals surface area contributed by atoms with Crippen LogP contribution in [0, 0.1) is 10.1 Å². The van der Waals surface area contributed by atoms with Crippen LogP contribution in [-0.2, 0) is 11.2 Å². The number of nitro groups is 1. The number of nitro benzene ring substituents is 1.